The highest BCUT2D eigenvalue weighted by Crippen LogP contribution is 2.31. The molecule has 1 nitrogen and oxygen atoms in total. The molecule has 1 saturated heterocycles. The highest BCUT2D eigenvalue weighted by Gasteiger charge is 2.26. The van der Waals surface area contributed by atoms with E-state index in [-0.39, 0.29) is 0 Å². The maximum absolute atomic E-state index is 3.59. The Hall–Kier alpha value is 0.440. The molecule has 70 valence electrons. The van der Waals surface area contributed by atoms with Gasteiger partial charge in [-0.2, -0.15) is 0 Å². The van der Waals surface area contributed by atoms with E-state index < -0.39 is 0 Å². The molecular weight excluding hydrogens is 214 g/mol. The molecule has 1 atom stereocenters. The number of rotatable bonds is 3. The summed E-state index contributed by atoms with van der Waals surface area (Å²) in [5.74, 6) is 2.00. The predicted octanol–water partition coefficient (Wildman–Crippen LogP) is 2.50. The lowest BCUT2D eigenvalue weighted by molar-refractivity contribution is 0.180. The number of nitrogens with zero attached hydrogens (tertiary/aromatic N) is 1. The first-order valence-corrected chi connectivity index (χ1v) is 6.29. The fraction of sp³-hybridized carbons (Fsp3) is 1.00. The van der Waals surface area contributed by atoms with Crippen LogP contribution in [0, 0.1) is 11.8 Å². The fourth-order valence-electron chi connectivity index (χ4n) is 2.11. The molecule has 0 unspecified atom stereocenters. The molecule has 0 aromatic carbocycles. The van der Waals surface area contributed by atoms with Crippen LogP contribution < -0.4 is 0 Å². The normalized spacial score (nSPS) is 32.2. The Bertz CT molecular complexity index is 145. The summed E-state index contributed by atoms with van der Waals surface area (Å²) in [4.78, 5) is 2.67. The molecule has 1 saturated carbocycles. The Labute approximate surface area is 83.6 Å². The third kappa shape index (κ3) is 2.46. The summed E-state index contributed by atoms with van der Waals surface area (Å²) in [5, 5.41) is 1.20. The van der Waals surface area contributed by atoms with Crippen LogP contribution in [0.25, 0.3) is 0 Å². The minimum atomic E-state index is 0.928. The molecule has 12 heavy (non-hydrogen) atoms. The van der Waals surface area contributed by atoms with E-state index in [1.54, 1.807) is 0 Å². The summed E-state index contributed by atoms with van der Waals surface area (Å²) < 4.78 is 0. The van der Waals surface area contributed by atoms with Crippen LogP contribution in [0.3, 0.4) is 0 Å². The molecule has 0 aromatic heterocycles. The van der Waals surface area contributed by atoms with Crippen molar-refractivity contribution in [2.45, 2.75) is 25.7 Å². The third-order valence-corrected chi connectivity index (χ3v) is 3.95. The average Bonchev–Trinajstić information content (AvgIpc) is 2.89. The van der Waals surface area contributed by atoms with Crippen LogP contribution in [0.1, 0.15) is 25.7 Å². The highest BCUT2D eigenvalue weighted by molar-refractivity contribution is 9.09. The quantitative estimate of drug-likeness (QED) is 0.676. The summed E-state index contributed by atoms with van der Waals surface area (Å²) in [7, 11) is 0. The maximum Gasteiger partial charge on any atom is 0.00718 e. The van der Waals surface area contributed by atoms with Gasteiger partial charge in [-0.25, -0.2) is 0 Å². The van der Waals surface area contributed by atoms with Crippen LogP contribution in [-0.4, -0.2) is 29.9 Å². The Morgan fingerprint density at radius 1 is 1.17 bits per heavy atom. The van der Waals surface area contributed by atoms with Crippen molar-refractivity contribution in [2.24, 2.45) is 11.8 Å². The Morgan fingerprint density at radius 3 is 2.67 bits per heavy atom. The number of alkyl halides is 1. The van der Waals surface area contributed by atoms with E-state index in [0.29, 0.717) is 0 Å². The van der Waals surface area contributed by atoms with E-state index in [2.05, 4.69) is 20.8 Å². The van der Waals surface area contributed by atoms with Gasteiger partial charge < -0.3 is 4.90 Å². The second kappa shape index (κ2) is 4.10. The van der Waals surface area contributed by atoms with Gasteiger partial charge in [-0.15, -0.1) is 0 Å². The summed E-state index contributed by atoms with van der Waals surface area (Å²) in [6, 6.07) is 0. The molecule has 2 rings (SSSR count). The average molecular weight is 232 g/mol. The molecule has 1 aliphatic carbocycles. The first-order valence-electron chi connectivity index (χ1n) is 5.17. The van der Waals surface area contributed by atoms with Crippen molar-refractivity contribution in [1.29, 1.82) is 0 Å². The van der Waals surface area contributed by atoms with E-state index in [9.17, 15) is 0 Å². The topological polar surface area (TPSA) is 3.24 Å². The van der Waals surface area contributed by atoms with Crippen molar-refractivity contribution in [3.05, 3.63) is 0 Å². The van der Waals surface area contributed by atoms with Crippen molar-refractivity contribution in [1.82, 2.24) is 4.90 Å². The lowest BCUT2D eigenvalue weighted by atomic mass is 10.00. The van der Waals surface area contributed by atoms with Gasteiger partial charge in [-0.3, -0.25) is 0 Å². The van der Waals surface area contributed by atoms with Crippen molar-refractivity contribution >= 4 is 15.9 Å². The Morgan fingerprint density at radius 2 is 2.00 bits per heavy atom. The predicted molar refractivity (Wildman–Crippen MR) is 55.7 cm³/mol. The molecule has 0 radical (unpaired) electrons. The van der Waals surface area contributed by atoms with Gasteiger partial charge in [0, 0.05) is 18.4 Å². The van der Waals surface area contributed by atoms with Gasteiger partial charge in [0.15, 0.2) is 0 Å². The van der Waals surface area contributed by atoms with E-state index >= 15 is 0 Å². The number of hydrogen-bond acceptors (Lipinski definition) is 1. The number of piperidine rings is 1. The van der Waals surface area contributed by atoms with Crippen molar-refractivity contribution < 1.29 is 0 Å². The first kappa shape index (κ1) is 9.01. The van der Waals surface area contributed by atoms with Gasteiger partial charge >= 0.3 is 0 Å². The molecule has 0 amide bonds. The van der Waals surface area contributed by atoms with Gasteiger partial charge in [-0.1, -0.05) is 15.9 Å². The Balaban J connectivity index is 1.73. The van der Waals surface area contributed by atoms with Crippen LogP contribution in [0.4, 0.5) is 0 Å². The van der Waals surface area contributed by atoms with Crippen LogP contribution in [0.5, 0.6) is 0 Å². The summed E-state index contributed by atoms with van der Waals surface area (Å²) in [5.41, 5.74) is 0. The molecule has 2 heteroatoms. The molecule has 1 aliphatic heterocycles. The Kier molecular flexibility index (Phi) is 3.08. The fourth-order valence-corrected chi connectivity index (χ4v) is 2.64. The SMILES string of the molecule is BrC[C@H]1CCCN(CC2CC2)C1. The minimum absolute atomic E-state index is 0.928. The number of likely N-dealkylation sites (tertiary alicyclic amines) is 1. The standard InChI is InChI=1S/C10H18BrN/c11-6-10-2-1-5-12(8-10)7-9-3-4-9/h9-10H,1-8H2/t10-/m1/s1. The summed E-state index contributed by atoms with van der Waals surface area (Å²) in [6.07, 6.45) is 5.85. The van der Waals surface area contributed by atoms with Crippen LogP contribution in [-0.2, 0) is 0 Å². The molecule has 2 aliphatic rings. The first-order chi connectivity index (χ1) is 5.88. The molecule has 0 spiro atoms. The number of halogens is 1. The molecule has 0 aromatic rings. The minimum Gasteiger partial charge on any atom is -0.303 e. The van der Waals surface area contributed by atoms with Gasteiger partial charge in [-0.05, 0) is 44.1 Å². The van der Waals surface area contributed by atoms with Gasteiger partial charge in [0.05, 0.1) is 0 Å². The van der Waals surface area contributed by atoms with E-state index in [0.717, 1.165) is 11.8 Å². The summed E-state index contributed by atoms with van der Waals surface area (Å²) >= 11 is 3.59. The smallest absolute Gasteiger partial charge is 0.00718 e. The highest BCUT2D eigenvalue weighted by atomic mass is 79.9. The number of hydrogen-bond donors (Lipinski definition) is 0. The summed E-state index contributed by atoms with van der Waals surface area (Å²) in [6.45, 7) is 4.10. The lowest BCUT2D eigenvalue weighted by Gasteiger charge is -2.31. The molecule has 0 bridgehead atoms. The largest absolute Gasteiger partial charge is 0.303 e. The molecule has 2 fully saturated rings. The maximum atomic E-state index is 3.59. The van der Waals surface area contributed by atoms with Gasteiger partial charge in [0.25, 0.3) is 0 Å². The van der Waals surface area contributed by atoms with E-state index in [1.165, 1.54) is 50.6 Å². The van der Waals surface area contributed by atoms with Gasteiger partial charge in [0.1, 0.15) is 0 Å². The third-order valence-electron chi connectivity index (χ3n) is 3.03. The second-order valence-corrected chi connectivity index (χ2v) is 5.01. The zero-order valence-corrected chi connectivity index (χ0v) is 9.22. The zero-order valence-electron chi connectivity index (χ0n) is 7.64. The van der Waals surface area contributed by atoms with E-state index in [1.807, 2.05) is 0 Å². The lowest BCUT2D eigenvalue weighted by Crippen LogP contribution is -2.37. The zero-order chi connectivity index (χ0) is 8.39. The van der Waals surface area contributed by atoms with Crippen LogP contribution in [0.15, 0.2) is 0 Å². The molecule has 1 heterocycles. The van der Waals surface area contributed by atoms with Gasteiger partial charge in [0.2, 0.25) is 0 Å². The van der Waals surface area contributed by atoms with Crippen molar-refractivity contribution in [2.75, 3.05) is 25.0 Å². The van der Waals surface area contributed by atoms with E-state index in [4.69, 9.17) is 0 Å². The second-order valence-electron chi connectivity index (χ2n) is 4.37. The van der Waals surface area contributed by atoms with Crippen molar-refractivity contribution in [3.8, 4) is 0 Å². The van der Waals surface area contributed by atoms with Crippen LogP contribution >= 0.6 is 15.9 Å². The monoisotopic (exact) mass is 231 g/mol. The van der Waals surface area contributed by atoms with Crippen LogP contribution in [0.2, 0.25) is 0 Å². The molecular formula is C10H18BrN. The van der Waals surface area contributed by atoms with Crippen molar-refractivity contribution in [3.63, 3.8) is 0 Å². The molecule has 0 N–H and O–H groups in total.